The second-order valence-electron chi connectivity index (χ2n) is 3.57. The Balaban J connectivity index is 2.81. The predicted octanol–water partition coefficient (Wildman–Crippen LogP) is 5.78. The Bertz CT molecular complexity index is 599. The summed E-state index contributed by atoms with van der Waals surface area (Å²) in [6.07, 6.45) is 0.711. The van der Waals surface area contributed by atoms with Gasteiger partial charge < -0.3 is 0 Å². The Morgan fingerprint density at radius 3 is 2.00 bits per heavy atom. The number of benzene rings is 2. The molecule has 0 amide bonds. The number of carbonyl (C=O) groups excluding carboxylic acids is 1. The number of halogens is 4. The number of hydrogen-bond acceptors (Lipinski definition) is 1. The van der Waals surface area contributed by atoms with Crippen molar-refractivity contribution in [2.45, 2.75) is 0 Å². The average molecular weight is 320 g/mol. The fourth-order valence-electron chi connectivity index (χ4n) is 1.68. The van der Waals surface area contributed by atoms with Crippen molar-refractivity contribution in [1.82, 2.24) is 0 Å². The fourth-order valence-corrected chi connectivity index (χ4v) is 2.97. The van der Waals surface area contributed by atoms with Crippen LogP contribution in [-0.4, -0.2) is 6.29 Å². The first-order valence-electron chi connectivity index (χ1n) is 4.93. The highest BCUT2D eigenvalue weighted by atomic mass is 35.5. The molecule has 0 aromatic heterocycles. The van der Waals surface area contributed by atoms with Crippen LogP contribution in [-0.2, 0) is 0 Å². The van der Waals surface area contributed by atoms with E-state index >= 15 is 0 Å². The van der Waals surface area contributed by atoms with Gasteiger partial charge in [0.2, 0.25) is 0 Å². The van der Waals surface area contributed by atoms with Gasteiger partial charge in [-0.2, -0.15) is 0 Å². The molecule has 0 saturated carbocycles. The van der Waals surface area contributed by atoms with Crippen molar-refractivity contribution in [3.05, 3.63) is 56.0 Å². The summed E-state index contributed by atoms with van der Waals surface area (Å²) >= 11 is 24.2. The van der Waals surface area contributed by atoms with Crippen LogP contribution in [0.2, 0.25) is 20.1 Å². The van der Waals surface area contributed by atoms with E-state index in [1.807, 2.05) is 0 Å². The van der Waals surface area contributed by atoms with Gasteiger partial charge in [-0.3, -0.25) is 4.79 Å². The van der Waals surface area contributed by atoms with E-state index in [-0.39, 0.29) is 0 Å². The maximum Gasteiger partial charge on any atom is 0.150 e. The molecule has 2 rings (SSSR count). The average Bonchev–Trinajstić information content (AvgIpc) is 2.29. The minimum absolute atomic E-state index is 0.351. The van der Waals surface area contributed by atoms with Gasteiger partial charge >= 0.3 is 0 Å². The zero-order valence-corrected chi connectivity index (χ0v) is 11.9. The summed E-state index contributed by atoms with van der Waals surface area (Å²) in [5.74, 6) is 0. The van der Waals surface area contributed by atoms with Crippen LogP contribution < -0.4 is 0 Å². The highest BCUT2D eigenvalue weighted by molar-refractivity contribution is 6.43. The molecule has 92 valence electrons. The zero-order valence-electron chi connectivity index (χ0n) is 8.88. The van der Waals surface area contributed by atoms with E-state index in [1.54, 1.807) is 30.3 Å². The predicted molar refractivity (Wildman–Crippen MR) is 77.3 cm³/mol. The van der Waals surface area contributed by atoms with Crippen LogP contribution in [0.15, 0.2) is 30.3 Å². The van der Waals surface area contributed by atoms with E-state index in [4.69, 9.17) is 46.4 Å². The number of carbonyl (C=O) groups is 1. The highest BCUT2D eigenvalue weighted by Crippen LogP contribution is 2.41. The van der Waals surface area contributed by atoms with Gasteiger partial charge in [-0.25, -0.2) is 0 Å². The lowest BCUT2D eigenvalue weighted by atomic mass is 10.00. The lowest BCUT2D eigenvalue weighted by Crippen LogP contribution is -1.91. The van der Waals surface area contributed by atoms with Crippen LogP contribution >= 0.6 is 46.4 Å². The number of hydrogen-bond donors (Lipinski definition) is 0. The van der Waals surface area contributed by atoms with Gasteiger partial charge in [0.1, 0.15) is 0 Å². The van der Waals surface area contributed by atoms with Crippen LogP contribution in [0.4, 0.5) is 0 Å². The van der Waals surface area contributed by atoms with Crippen molar-refractivity contribution >= 4 is 52.7 Å². The van der Waals surface area contributed by atoms with Gasteiger partial charge in [0.05, 0.1) is 10.0 Å². The van der Waals surface area contributed by atoms with E-state index < -0.39 is 0 Å². The molecular formula is C13H6Cl4O. The van der Waals surface area contributed by atoms with Crippen molar-refractivity contribution in [3.63, 3.8) is 0 Å². The number of rotatable bonds is 2. The molecule has 0 N–H and O–H groups in total. The summed E-state index contributed by atoms with van der Waals surface area (Å²) in [6, 6.07) is 8.12. The Hall–Kier alpha value is -0.730. The Morgan fingerprint density at radius 2 is 1.44 bits per heavy atom. The molecule has 0 aliphatic rings. The van der Waals surface area contributed by atoms with Crippen LogP contribution in [0, 0.1) is 0 Å². The molecule has 0 unspecified atom stereocenters. The molecule has 0 aliphatic carbocycles. The molecule has 2 aromatic rings. The molecule has 0 bridgehead atoms. The minimum atomic E-state index is 0.351. The molecule has 0 aliphatic heterocycles. The van der Waals surface area contributed by atoms with E-state index in [9.17, 15) is 4.79 Å². The smallest absolute Gasteiger partial charge is 0.150 e. The van der Waals surface area contributed by atoms with Crippen molar-refractivity contribution < 1.29 is 4.79 Å². The minimum Gasteiger partial charge on any atom is -0.298 e. The third-order valence-electron chi connectivity index (χ3n) is 2.43. The van der Waals surface area contributed by atoms with Crippen LogP contribution in [0.25, 0.3) is 11.1 Å². The van der Waals surface area contributed by atoms with Crippen LogP contribution in [0.1, 0.15) is 10.4 Å². The maximum atomic E-state index is 11.1. The normalized spacial score (nSPS) is 10.4. The van der Waals surface area contributed by atoms with Crippen molar-refractivity contribution in [2.24, 2.45) is 0 Å². The Kier molecular flexibility index (Phi) is 4.18. The standard InChI is InChI=1S/C13H6Cl4O/c14-8-4-10(16)13(11(17)5-8)12-7(6-18)2-1-3-9(12)15/h1-6H. The van der Waals surface area contributed by atoms with Gasteiger partial charge in [-0.05, 0) is 18.2 Å². The summed E-state index contributed by atoms with van der Waals surface area (Å²) < 4.78 is 0. The third-order valence-corrected chi connectivity index (χ3v) is 3.56. The maximum absolute atomic E-state index is 11.1. The molecule has 0 saturated heterocycles. The lowest BCUT2D eigenvalue weighted by molar-refractivity contribution is 0.112. The highest BCUT2D eigenvalue weighted by Gasteiger charge is 2.16. The lowest BCUT2D eigenvalue weighted by Gasteiger charge is -2.12. The first-order chi connectivity index (χ1) is 8.54. The summed E-state index contributed by atoms with van der Waals surface area (Å²) in [5.41, 5.74) is 1.45. The summed E-state index contributed by atoms with van der Waals surface area (Å²) in [4.78, 5) is 11.1. The molecule has 0 atom stereocenters. The largest absolute Gasteiger partial charge is 0.298 e. The SMILES string of the molecule is O=Cc1cccc(Cl)c1-c1c(Cl)cc(Cl)cc1Cl. The van der Waals surface area contributed by atoms with Gasteiger partial charge in [0, 0.05) is 26.7 Å². The Morgan fingerprint density at radius 1 is 0.833 bits per heavy atom. The zero-order chi connectivity index (χ0) is 13.3. The van der Waals surface area contributed by atoms with Gasteiger partial charge in [-0.15, -0.1) is 0 Å². The fraction of sp³-hybridized carbons (Fsp3) is 0. The first-order valence-corrected chi connectivity index (χ1v) is 6.44. The van der Waals surface area contributed by atoms with Gasteiger partial charge in [-0.1, -0.05) is 58.5 Å². The van der Waals surface area contributed by atoms with Gasteiger partial charge in [0.25, 0.3) is 0 Å². The first kappa shape index (κ1) is 13.7. The van der Waals surface area contributed by atoms with Crippen molar-refractivity contribution in [1.29, 1.82) is 0 Å². The number of aldehydes is 1. The summed E-state index contributed by atoms with van der Waals surface area (Å²) in [5, 5.41) is 1.53. The van der Waals surface area contributed by atoms with E-state index in [2.05, 4.69) is 0 Å². The molecular weight excluding hydrogens is 314 g/mol. The van der Waals surface area contributed by atoms with E-state index in [1.165, 1.54) is 0 Å². The molecule has 0 fully saturated rings. The molecule has 2 aromatic carbocycles. The second-order valence-corrected chi connectivity index (χ2v) is 5.22. The topological polar surface area (TPSA) is 17.1 Å². The van der Waals surface area contributed by atoms with Crippen LogP contribution in [0.3, 0.4) is 0 Å². The molecule has 5 heteroatoms. The second kappa shape index (κ2) is 5.50. The monoisotopic (exact) mass is 318 g/mol. The molecule has 1 nitrogen and oxygen atoms in total. The molecule has 0 spiro atoms. The Labute approximate surface area is 124 Å². The summed E-state index contributed by atoms with van der Waals surface area (Å²) in [7, 11) is 0. The summed E-state index contributed by atoms with van der Waals surface area (Å²) in [6.45, 7) is 0. The molecule has 0 radical (unpaired) electrons. The van der Waals surface area contributed by atoms with E-state index in [0.717, 1.165) is 0 Å². The quantitative estimate of drug-likeness (QED) is 0.641. The van der Waals surface area contributed by atoms with E-state index in [0.29, 0.717) is 43.1 Å². The van der Waals surface area contributed by atoms with Gasteiger partial charge in [0.15, 0.2) is 6.29 Å². The van der Waals surface area contributed by atoms with Crippen LogP contribution in [0.5, 0.6) is 0 Å². The third kappa shape index (κ3) is 2.50. The molecule has 18 heavy (non-hydrogen) atoms. The van der Waals surface area contributed by atoms with Crippen molar-refractivity contribution in [2.75, 3.05) is 0 Å². The molecule has 0 heterocycles. The van der Waals surface area contributed by atoms with Crippen molar-refractivity contribution in [3.8, 4) is 11.1 Å².